The SMILES string of the molecule is NS(=O)(=O)c1ccc(CNC(=O)c2ccc(F)cc2Br)s1. The summed E-state index contributed by atoms with van der Waals surface area (Å²) in [4.78, 5) is 12.6. The molecule has 9 heteroatoms. The van der Waals surface area contributed by atoms with E-state index in [4.69, 9.17) is 5.14 Å². The molecule has 0 saturated heterocycles. The van der Waals surface area contributed by atoms with Crippen molar-refractivity contribution in [2.45, 2.75) is 10.8 Å². The summed E-state index contributed by atoms with van der Waals surface area (Å²) >= 11 is 4.09. The third kappa shape index (κ3) is 4.10. The Morgan fingerprint density at radius 3 is 2.62 bits per heavy atom. The van der Waals surface area contributed by atoms with Gasteiger partial charge in [-0.2, -0.15) is 0 Å². The minimum atomic E-state index is -3.73. The van der Waals surface area contributed by atoms with Crippen molar-refractivity contribution in [3.8, 4) is 0 Å². The number of rotatable bonds is 4. The highest BCUT2D eigenvalue weighted by Crippen LogP contribution is 2.21. The molecule has 0 atom stereocenters. The van der Waals surface area contributed by atoms with Gasteiger partial charge in [-0.1, -0.05) is 0 Å². The molecule has 1 heterocycles. The van der Waals surface area contributed by atoms with Crippen LogP contribution in [0.5, 0.6) is 0 Å². The van der Waals surface area contributed by atoms with Crippen LogP contribution >= 0.6 is 27.3 Å². The molecule has 112 valence electrons. The van der Waals surface area contributed by atoms with Crippen LogP contribution in [-0.2, 0) is 16.6 Å². The molecule has 0 spiro atoms. The van der Waals surface area contributed by atoms with Crippen LogP contribution in [0, 0.1) is 5.82 Å². The van der Waals surface area contributed by atoms with Gasteiger partial charge in [-0.3, -0.25) is 4.79 Å². The third-order valence-electron chi connectivity index (χ3n) is 2.52. The van der Waals surface area contributed by atoms with Gasteiger partial charge in [0.25, 0.3) is 5.91 Å². The minimum Gasteiger partial charge on any atom is -0.347 e. The Balaban J connectivity index is 2.06. The van der Waals surface area contributed by atoms with Crippen molar-refractivity contribution in [1.82, 2.24) is 5.32 Å². The summed E-state index contributed by atoms with van der Waals surface area (Å²) in [5, 5.41) is 7.63. The summed E-state index contributed by atoms with van der Waals surface area (Å²) in [5.41, 5.74) is 0.291. The number of nitrogens with one attached hydrogen (secondary N) is 1. The number of benzene rings is 1. The molecule has 5 nitrogen and oxygen atoms in total. The number of nitrogens with two attached hydrogens (primary N) is 1. The lowest BCUT2D eigenvalue weighted by molar-refractivity contribution is 0.0950. The normalized spacial score (nSPS) is 11.4. The molecule has 0 saturated carbocycles. The first-order valence-electron chi connectivity index (χ1n) is 5.62. The first kappa shape index (κ1) is 16.1. The molecular weight excluding hydrogens is 383 g/mol. The quantitative estimate of drug-likeness (QED) is 0.835. The fraction of sp³-hybridized carbons (Fsp3) is 0.0833. The van der Waals surface area contributed by atoms with Gasteiger partial charge in [-0.25, -0.2) is 17.9 Å². The van der Waals surface area contributed by atoms with Crippen LogP contribution in [0.1, 0.15) is 15.2 Å². The highest BCUT2D eigenvalue weighted by atomic mass is 79.9. The molecule has 1 aromatic carbocycles. The number of carbonyl (C=O) groups excluding carboxylic acids is 1. The van der Waals surface area contributed by atoms with Gasteiger partial charge in [-0.15, -0.1) is 11.3 Å². The van der Waals surface area contributed by atoms with Crippen molar-refractivity contribution in [1.29, 1.82) is 0 Å². The number of hydrogen-bond acceptors (Lipinski definition) is 4. The first-order chi connectivity index (χ1) is 9.77. The molecule has 2 rings (SSSR count). The maximum absolute atomic E-state index is 12.9. The van der Waals surface area contributed by atoms with Crippen molar-refractivity contribution in [3.05, 3.63) is 51.1 Å². The van der Waals surface area contributed by atoms with Crippen LogP contribution in [0.25, 0.3) is 0 Å². The Kier molecular flexibility index (Phi) is 4.77. The third-order valence-corrected chi connectivity index (χ3v) is 5.70. The second-order valence-electron chi connectivity index (χ2n) is 4.07. The predicted molar refractivity (Wildman–Crippen MR) is 81.0 cm³/mol. The highest BCUT2D eigenvalue weighted by molar-refractivity contribution is 9.10. The Labute approximate surface area is 133 Å². The number of amides is 1. The van der Waals surface area contributed by atoms with Gasteiger partial charge in [-0.05, 0) is 46.3 Å². The van der Waals surface area contributed by atoms with E-state index in [0.29, 0.717) is 14.9 Å². The Bertz CT molecular complexity index is 790. The van der Waals surface area contributed by atoms with Crippen LogP contribution in [0.3, 0.4) is 0 Å². The molecule has 1 aromatic heterocycles. The van der Waals surface area contributed by atoms with Crippen molar-refractivity contribution in [3.63, 3.8) is 0 Å². The highest BCUT2D eigenvalue weighted by Gasteiger charge is 2.13. The number of carbonyl (C=O) groups is 1. The zero-order valence-corrected chi connectivity index (χ0v) is 13.7. The Morgan fingerprint density at radius 2 is 2.05 bits per heavy atom. The second kappa shape index (κ2) is 6.22. The monoisotopic (exact) mass is 392 g/mol. The predicted octanol–water partition coefficient (Wildman–Crippen LogP) is 2.23. The number of thiophene rings is 1. The number of halogens is 2. The van der Waals surface area contributed by atoms with Crippen molar-refractivity contribution >= 4 is 43.2 Å². The summed E-state index contributed by atoms with van der Waals surface area (Å²) < 4.78 is 35.6. The number of primary sulfonamides is 1. The molecular formula is C12H10BrFN2O3S2. The van der Waals surface area contributed by atoms with E-state index in [9.17, 15) is 17.6 Å². The Hall–Kier alpha value is -1.29. The van der Waals surface area contributed by atoms with E-state index in [1.807, 2.05) is 0 Å². The first-order valence-corrected chi connectivity index (χ1v) is 8.78. The zero-order valence-electron chi connectivity index (χ0n) is 10.5. The van der Waals surface area contributed by atoms with Gasteiger partial charge >= 0.3 is 0 Å². The van der Waals surface area contributed by atoms with Crippen molar-refractivity contribution in [2.75, 3.05) is 0 Å². The molecule has 21 heavy (non-hydrogen) atoms. The zero-order chi connectivity index (χ0) is 15.6. The molecule has 0 fully saturated rings. The Morgan fingerprint density at radius 1 is 1.33 bits per heavy atom. The standard InChI is InChI=1S/C12H10BrFN2O3S2/c13-10-5-7(14)1-3-9(10)12(17)16-6-8-2-4-11(20-8)21(15,18)19/h1-5H,6H2,(H,16,17)(H2,15,18,19). The van der Waals surface area contributed by atoms with Crippen molar-refractivity contribution < 1.29 is 17.6 Å². The van der Waals surface area contributed by atoms with Gasteiger partial charge in [0, 0.05) is 9.35 Å². The summed E-state index contributed by atoms with van der Waals surface area (Å²) in [6, 6.07) is 6.70. The fourth-order valence-electron chi connectivity index (χ4n) is 1.54. The molecule has 1 amide bonds. The van der Waals surface area contributed by atoms with Crippen LogP contribution in [0.2, 0.25) is 0 Å². The molecule has 0 bridgehead atoms. The van der Waals surface area contributed by atoms with E-state index < -0.39 is 21.7 Å². The molecule has 0 aliphatic rings. The molecule has 3 N–H and O–H groups in total. The smallest absolute Gasteiger partial charge is 0.252 e. The minimum absolute atomic E-state index is 0.0368. The van der Waals surface area contributed by atoms with Crippen LogP contribution in [0.4, 0.5) is 4.39 Å². The molecule has 2 aromatic rings. The van der Waals surface area contributed by atoms with E-state index in [2.05, 4.69) is 21.2 Å². The molecule has 0 unspecified atom stereocenters. The van der Waals surface area contributed by atoms with Gasteiger partial charge in [0.1, 0.15) is 10.0 Å². The van der Waals surface area contributed by atoms with Crippen LogP contribution < -0.4 is 10.5 Å². The van der Waals surface area contributed by atoms with Gasteiger partial charge in [0.15, 0.2) is 0 Å². The van der Waals surface area contributed by atoms with E-state index in [1.165, 1.54) is 24.3 Å². The van der Waals surface area contributed by atoms with Crippen LogP contribution in [-0.4, -0.2) is 14.3 Å². The average molecular weight is 393 g/mol. The van der Waals surface area contributed by atoms with Crippen molar-refractivity contribution in [2.24, 2.45) is 5.14 Å². The lowest BCUT2D eigenvalue weighted by Gasteiger charge is -2.05. The number of sulfonamides is 1. The van der Waals surface area contributed by atoms with Crippen LogP contribution in [0.15, 0.2) is 39.0 Å². The summed E-state index contributed by atoms with van der Waals surface area (Å²) in [7, 11) is -3.73. The fourth-order valence-corrected chi connectivity index (χ4v) is 3.79. The van der Waals surface area contributed by atoms with Gasteiger partial charge < -0.3 is 5.32 Å². The maximum Gasteiger partial charge on any atom is 0.252 e. The van der Waals surface area contributed by atoms with E-state index in [1.54, 1.807) is 6.07 Å². The molecule has 0 aliphatic heterocycles. The largest absolute Gasteiger partial charge is 0.347 e. The summed E-state index contributed by atoms with van der Waals surface area (Å²) in [6.07, 6.45) is 0. The lowest BCUT2D eigenvalue weighted by atomic mass is 10.2. The summed E-state index contributed by atoms with van der Waals surface area (Å²) in [6.45, 7) is 0.156. The topological polar surface area (TPSA) is 89.3 Å². The average Bonchev–Trinajstić information content (AvgIpc) is 2.84. The lowest BCUT2D eigenvalue weighted by Crippen LogP contribution is -2.22. The second-order valence-corrected chi connectivity index (χ2v) is 7.88. The summed E-state index contributed by atoms with van der Waals surface area (Å²) in [5.74, 6) is -0.845. The maximum atomic E-state index is 12.9. The number of hydrogen-bond donors (Lipinski definition) is 2. The van der Waals surface area contributed by atoms with E-state index >= 15 is 0 Å². The van der Waals surface area contributed by atoms with E-state index in [-0.39, 0.29) is 10.8 Å². The molecule has 0 radical (unpaired) electrons. The molecule has 0 aliphatic carbocycles. The van der Waals surface area contributed by atoms with E-state index in [0.717, 1.165) is 11.3 Å². The van der Waals surface area contributed by atoms with Gasteiger partial charge in [0.05, 0.1) is 12.1 Å². The van der Waals surface area contributed by atoms with Gasteiger partial charge in [0.2, 0.25) is 10.0 Å².